The summed E-state index contributed by atoms with van der Waals surface area (Å²) >= 11 is 0. The van der Waals surface area contributed by atoms with Crippen LogP contribution >= 0.6 is 0 Å². The number of imidazole rings is 1. The fourth-order valence-electron chi connectivity index (χ4n) is 2.05. The lowest BCUT2D eigenvalue weighted by atomic mass is 10.2. The molecule has 7 heteroatoms. The van der Waals surface area contributed by atoms with E-state index in [4.69, 9.17) is 4.74 Å². The highest BCUT2D eigenvalue weighted by Crippen LogP contribution is 2.22. The number of rotatable bonds is 3. The van der Waals surface area contributed by atoms with Gasteiger partial charge in [-0.25, -0.2) is 4.98 Å². The van der Waals surface area contributed by atoms with E-state index in [0.29, 0.717) is 22.3 Å². The Kier molecular flexibility index (Phi) is 3.17. The summed E-state index contributed by atoms with van der Waals surface area (Å²) in [6.45, 7) is 3.74. The highest BCUT2D eigenvalue weighted by atomic mass is 16.5. The van der Waals surface area contributed by atoms with Gasteiger partial charge < -0.3 is 9.30 Å². The molecule has 0 unspecified atom stereocenters. The molecule has 0 amide bonds. The van der Waals surface area contributed by atoms with Crippen molar-refractivity contribution in [2.75, 3.05) is 0 Å². The molecule has 0 atom stereocenters. The number of aryl methyl sites for hydroxylation is 1. The van der Waals surface area contributed by atoms with Gasteiger partial charge >= 0.3 is 0 Å². The standard InChI is InChI=1S/C14H15N5O2/c1-8(2)21-14-17-11-9(13(20)18-14)4-5-15-12(11)10-6-19(3)7-16-10/h4-8H,1-3H3,(H,17,18,20). The number of nitrogens with zero attached hydrogens (tertiary/aromatic N) is 4. The zero-order valence-electron chi connectivity index (χ0n) is 12.0. The largest absolute Gasteiger partial charge is 0.462 e. The van der Waals surface area contributed by atoms with Crippen molar-refractivity contribution in [1.82, 2.24) is 24.5 Å². The maximum absolute atomic E-state index is 12.1. The lowest BCUT2D eigenvalue weighted by molar-refractivity contribution is 0.222. The maximum Gasteiger partial charge on any atom is 0.297 e. The van der Waals surface area contributed by atoms with Gasteiger partial charge in [0.1, 0.15) is 16.9 Å². The van der Waals surface area contributed by atoms with Gasteiger partial charge in [0.25, 0.3) is 11.6 Å². The van der Waals surface area contributed by atoms with Gasteiger partial charge in [0.15, 0.2) is 0 Å². The van der Waals surface area contributed by atoms with Crippen LogP contribution < -0.4 is 10.3 Å². The minimum absolute atomic E-state index is 0.0828. The second-order valence-electron chi connectivity index (χ2n) is 5.02. The van der Waals surface area contributed by atoms with Crippen molar-refractivity contribution in [2.45, 2.75) is 20.0 Å². The predicted octanol–water partition coefficient (Wildman–Crippen LogP) is 1.51. The minimum atomic E-state index is -0.254. The first-order valence-electron chi connectivity index (χ1n) is 6.58. The molecule has 3 rings (SSSR count). The van der Waals surface area contributed by atoms with E-state index in [9.17, 15) is 4.79 Å². The Morgan fingerprint density at radius 1 is 1.33 bits per heavy atom. The van der Waals surface area contributed by atoms with Gasteiger partial charge in [0.2, 0.25) is 0 Å². The van der Waals surface area contributed by atoms with Gasteiger partial charge in [-0.3, -0.25) is 14.8 Å². The second kappa shape index (κ2) is 5.01. The van der Waals surface area contributed by atoms with E-state index in [1.54, 1.807) is 18.6 Å². The van der Waals surface area contributed by atoms with E-state index in [0.717, 1.165) is 0 Å². The number of ether oxygens (including phenoxy) is 1. The molecular weight excluding hydrogens is 270 g/mol. The molecule has 0 fully saturated rings. The van der Waals surface area contributed by atoms with E-state index >= 15 is 0 Å². The topological polar surface area (TPSA) is 85.7 Å². The van der Waals surface area contributed by atoms with Crippen LogP contribution in [0.4, 0.5) is 0 Å². The molecule has 1 N–H and O–H groups in total. The van der Waals surface area contributed by atoms with Crippen LogP contribution in [0.2, 0.25) is 0 Å². The van der Waals surface area contributed by atoms with Crippen LogP contribution in [0, 0.1) is 0 Å². The summed E-state index contributed by atoms with van der Waals surface area (Å²) in [5.74, 6) is 0. The fraction of sp³-hybridized carbons (Fsp3) is 0.286. The Bertz CT molecular complexity index is 850. The zero-order chi connectivity index (χ0) is 15.0. The van der Waals surface area contributed by atoms with E-state index < -0.39 is 0 Å². The Labute approximate surface area is 120 Å². The second-order valence-corrected chi connectivity index (χ2v) is 5.02. The van der Waals surface area contributed by atoms with E-state index in [2.05, 4.69) is 19.9 Å². The average molecular weight is 285 g/mol. The van der Waals surface area contributed by atoms with Gasteiger partial charge in [-0.15, -0.1) is 0 Å². The third-order valence-electron chi connectivity index (χ3n) is 2.90. The Balaban J connectivity index is 2.25. The molecule has 0 radical (unpaired) electrons. The number of hydrogen-bond acceptors (Lipinski definition) is 5. The van der Waals surface area contributed by atoms with Crippen molar-refractivity contribution in [3.63, 3.8) is 0 Å². The molecule has 0 aliphatic carbocycles. The Morgan fingerprint density at radius 3 is 2.81 bits per heavy atom. The Morgan fingerprint density at radius 2 is 2.14 bits per heavy atom. The first-order chi connectivity index (χ1) is 10.0. The summed E-state index contributed by atoms with van der Waals surface area (Å²) in [7, 11) is 1.87. The minimum Gasteiger partial charge on any atom is -0.462 e. The summed E-state index contributed by atoms with van der Waals surface area (Å²) in [5, 5.41) is 0.460. The van der Waals surface area contributed by atoms with E-state index in [1.807, 2.05) is 31.7 Å². The molecule has 0 saturated carbocycles. The molecule has 0 aliphatic rings. The molecule has 0 aromatic carbocycles. The van der Waals surface area contributed by atoms with Gasteiger partial charge in [-0.1, -0.05) is 0 Å². The van der Waals surface area contributed by atoms with E-state index in [1.165, 1.54) is 0 Å². The summed E-state index contributed by atoms with van der Waals surface area (Å²) in [4.78, 5) is 27.7. The van der Waals surface area contributed by atoms with Crippen molar-refractivity contribution >= 4 is 10.9 Å². The molecular formula is C14H15N5O2. The predicted molar refractivity (Wildman–Crippen MR) is 78.1 cm³/mol. The number of aromatic amines is 1. The molecule has 21 heavy (non-hydrogen) atoms. The fourth-order valence-corrected chi connectivity index (χ4v) is 2.05. The molecule has 3 aromatic heterocycles. The highest BCUT2D eigenvalue weighted by molar-refractivity contribution is 5.89. The van der Waals surface area contributed by atoms with Crippen molar-refractivity contribution in [1.29, 1.82) is 0 Å². The zero-order valence-corrected chi connectivity index (χ0v) is 12.0. The van der Waals surface area contributed by atoms with Crippen LogP contribution in [0.5, 0.6) is 6.01 Å². The number of fused-ring (bicyclic) bond motifs is 1. The monoisotopic (exact) mass is 285 g/mol. The summed E-state index contributed by atoms with van der Waals surface area (Å²) in [6.07, 6.45) is 4.99. The number of aromatic nitrogens is 5. The van der Waals surface area contributed by atoms with Gasteiger partial charge in [0, 0.05) is 19.4 Å². The average Bonchev–Trinajstić information content (AvgIpc) is 2.84. The first kappa shape index (κ1) is 13.3. The molecule has 0 saturated heterocycles. The summed E-state index contributed by atoms with van der Waals surface area (Å²) in [6, 6.07) is 1.82. The van der Waals surface area contributed by atoms with Crippen molar-refractivity contribution in [3.05, 3.63) is 35.1 Å². The number of nitrogens with one attached hydrogen (secondary N) is 1. The third-order valence-corrected chi connectivity index (χ3v) is 2.90. The summed E-state index contributed by atoms with van der Waals surface area (Å²) < 4.78 is 7.29. The molecule has 0 aliphatic heterocycles. The van der Waals surface area contributed by atoms with E-state index in [-0.39, 0.29) is 17.7 Å². The van der Waals surface area contributed by atoms with Crippen LogP contribution in [-0.4, -0.2) is 30.6 Å². The molecule has 108 valence electrons. The number of H-pyrrole nitrogens is 1. The van der Waals surface area contributed by atoms with Crippen molar-refractivity contribution < 1.29 is 4.74 Å². The van der Waals surface area contributed by atoms with Crippen LogP contribution in [0.3, 0.4) is 0 Å². The van der Waals surface area contributed by atoms with Gasteiger partial charge in [-0.2, -0.15) is 4.98 Å². The van der Waals surface area contributed by atoms with Crippen molar-refractivity contribution in [3.8, 4) is 17.4 Å². The lowest BCUT2D eigenvalue weighted by Gasteiger charge is -2.09. The molecule has 7 nitrogen and oxygen atoms in total. The molecule has 3 heterocycles. The normalized spacial score (nSPS) is 11.2. The SMILES string of the molecule is CC(C)Oc1nc2c(-c3cn(C)cn3)nccc2c(=O)[nH]1. The van der Waals surface area contributed by atoms with Gasteiger partial charge in [-0.05, 0) is 19.9 Å². The van der Waals surface area contributed by atoms with Crippen LogP contribution in [0.15, 0.2) is 29.6 Å². The van der Waals surface area contributed by atoms with Gasteiger partial charge in [0.05, 0.1) is 17.8 Å². The van der Waals surface area contributed by atoms with Crippen LogP contribution in [0.1, 0.15) is 13.8 Å². The van der Waals surface area contributed by atoms with Crippen LogP contribution in [0.25, 0.3) is 22.3 Å². The molecule has 3 aromatic rings. The molecule has 0 spiro atoms. The summed E-state index contributed by atoms with van der Waals surface area (Å²) in [5.41, 5.74) is 1.45. The first-order valence-corrected chi connectivity index (χ1v) is 6.58. The smallest absolute Gasteiger partial charge is 0.297 e. The lowest BCUT2D eigenvalue weighted by Crippen LogP contribution is -2.15. The molecule has 0 bridgehead atoms. The maximum atomic E-state index is 12.1. The third kappa shape index (κ3) is 2.49. The highest BCUT2D eigenvalue weighted by Gasteiger charge is 2.13. The van der Waals surface area contributed by atoms with Crippen molar-refractivity contribution in [2.24, 2.45) is 7.05 Å². The number of hydrogen-bond donors (Lipinski definition) is 1. The van der Waals surface area contributed by atoms with Crippen LogP contribution in [-0.2, 0) is 7.05 Å². The quantitative estimate of drug-likeness (QED) is 0.788. The number of pyridine rings is 1. The Hall–Kier alpha value is -2.70.